The van der Waals surface area contributed by atoms with Crippen LogP contribution in [0.2, 0.25) is 0 Å². The summed E-state index contributed by atoms with van der Waals surface area (Å²) in [5.41, 5.74) is 6.55. The van der Waals surface area contributed by atoms with Gasteiger partial charge in [-0.15, -0.1) is 0 Å². The SMILES string of the molecule is CC[C@H](C)[C@H](CC(=O)[C@@H](Cc1ccccc1)NC)C(=O)N[C@@H](CO)C(=O)C[C@H](CCC(N)=O)C(=O)N[C@@H](C(=O)C[C@H](C(=O)Oc1ccccc1C=O)[C@@H](C)CC)[C@@H](C)CC. The summed E-state index contributed by atoms with van der Waals surface area (Å²) in [5, 5.41) is 18.7. The molecule has 14 nitrogen and oxygen atoms in total. The summed E-state index contributed by atoms with van der Waals surface area (Å²) in [6.45, 7) is 10.2. The highest BCUT2D eigenvalue weighted by molar-refractivity contribution is 5.97. The number of hydrogen-bond donors (Lipinski definition) is 5. The third-order valence-electron chi connectivity index (χ3n) is 11.7. The van der Waals surface area contributed by atoms with Crippen molar-refractivity contribution in [2.45, 2.75) is 117 Å². The van der Waals surface area contributed by atoms with E-state index >= 15 is 0 Å². The van der Waals surface area contributed by atoms with Crippen molar-refractivity contribution in [2.24, 2.45) is 41.2 Å². The van der Waals surface area contributed by atoms with Gasteiger partial charge in [-0.1, -0.05) is 103 Å². The number of benzene rings is 2. The Balaban J connectivity index is 2.28. The number of aldehydes is 1. The molecule has 0 aliphatic heterocycles. The summed E-state index contributed by atoms with van der Waals surface area (Å²) in [7, 11) is 1.68. The molecule has 0 spiro atoms. The van der Waals surface area contributed by atoms with Crippen LogP contribution in [-0.2, 0) is 40.0 Å². The maximum Gasteiger partial charge on any atom is 0.315 e. The zero-order valence-electron chi connectivity index (χ0n) is 36.2. The fourth-order valence-corrected chi connectivity index (χ4v) is 7.00. The molecule has 14 heteroatoms. The average Bonchev–Trinajstić information content (AvgIpc) is 3.25. The van der Waals surface area contributed by atoms with Crippen LogP contribution in [0, 0.1) is 35.5 Å². The highest BCUT2D eigenvalue weighted by atomic mass is 16.5. The van der Waals surface area contributed by atoms with Gasteiger partial charge in [-0.25, -0.2) is 0 Å². The predicted molar refractivity (Wildman–Crippen MR) is 228 cm³/mol. The number of nitrogens with one attached hydrogen (secondary N) is 3. The van der Waals surface area contributed by atoms with Gasteiger partial charge in [-0.2, -0.15) is 0 Å². The number of carbonyl (C=O) groups is 8. The van der Waals surface area contributed by atoms with Gasteiger partial charge in [0, 0.05) is 37.5 Å². The number of primary amides is 1. The molecular weight excluding hydrogens is 769 g/mol. The van der Waals surface area contributed by atoms with Gasteiger partial charge in [0.25, 0.3) is 0 Å². The number of para-hydroxylation sites is 1. The summed E-state index contributed by atoms with van der Waals surface area (Å²) < 4.78 is 5.60. The molecule has 0 aliphatic rings. The second-order valence-corrected chi connectivity index (χ2v) is 15.9. The van der Waals surface area contributed by atoms with Gasteiger partial charge in [0.05, 0.1) is 30.2 Å². The molecule has 6 N–H and O–H groups in total. The molecule has 3 amide bonds. The number of esters is 1. The predicted octanol–water partition coefficient (Wildman–Crippen LogP) is 4.33. The van der Waals surface area contributed by atoms with Crippen LogP contribution in [-0.4, -0.2) is 84.2 Å². The van der Waals surface area contributed by atoms with E-state index in [2.05, 4.69) is 16.0 Å². The first-order valence-corrected chi connectivity index (χ1v) is 21.1. The van der Waals surface area contributed by atoms with E-state index in [0.717, 1.165) is 5.56 Å². The molecule has 0 heterocycles. The number of ketones is 3. The van der Waals surface area contributed by atoms with E-state index in [1.165, 1.54) is 12.1 Å². The van der Waals surface area contributed by atoms with Gasteiger partial charge in [0.15, 0.2) is 23.6 Å². The lowest BCUT2D eigenvalue weighted by Gasteiger charge is -2.29. The third-order valence-corrected chi connectivity index (χ3v) is 11.7. The quantitative estimate of drug-likeness (QED) is 0.0440. The van der Waals surface area contributed by atoms with E-state index in [-0.39, 0.29) is 54.6 Å². The van der Waals surface area contributed by atoms with Crippen LogP contribution < -0.4 is 26.4 Å². The number of likely N-dealkylation sites (N-methyl/N-ethyl adjacent to an activating group) is 1. The molecule has 0 saturated carbocycles. The number of aliphatic hydroxyl groups is 1. The fourth-order valence-electron chi connectivity index (χ4n) is 7.00. The van der Waals surface area contributed by atoms with Crippen molar-refractivity contribution in [2.75, 3.05) is 13.7 Å². The molecule has 0 unspecified atom stereocenters. The van der Waals surface area contributed by atoms with E-state index in [1.807, 2.05) is 58.0 Å². The van der Waals surface area contributed by atoms with E-state index in [9.17, 15) is 43.5 Å². The molecule has 0 radical (unpaired) electrons. The minimum Gasteiger partial charge on any atom is -0.426 e. The van der Waals surface area contributed by atoms with Crippen LogP contribution in [0.5, 0.6) is 5.75 Å². The number of ether oxygens (including phenoxy) is 1. The first kappa shape index (κ1) is 51.1. The highest BCUT2D eigenvalue weighted by Crippen LogP contribution is 2.27. The lowest BCUT2D eigenvalue weighted by atomic mass is 9.83. The zero-order valence-corrected chi connectivity index (χ0v) is 36.2. The number of hydrogen-bond acceptors (Lipinski definition) is 11. The Morgan fingerprint density at radius 3 is 1.85 bits per heavy atom. The van der Waals surface area contributed by atoms with Gasteiger partial charge < -0.3 is 31.5 Å². The Hall–Kier alpha value is -5.08. The van der Waals surface area contributed by atoms with Gasteiger partial charge in [0.1, 0.15) is 11.8 Å². The molecule has 2 aromatic rings. The van der Waals surface area contributed by atoms with Crippen LogP contribution >= 0.6 is 0 Å². The number of carbonyl (C=O) groups excluding carboxylic acids is 8. The number of rotatable bonds is 29. The molecule has 0 bridgehead atoms. The highest BCUT2D eigenvalue weighted by Gasteiger charge is 2.37. The van der Waals surface area contributed by atoms with Crippen LogP contribution in [0.1, 0.15) is 109 Å². The second kappa shape index (κ2) is 26.2. The van der Waals surface area contributed by atoms with Crippen LogP contribution in [0.15, 0.2) is 54.6 Å². The fraction of sp³-hybridized carbons (Fsp3) is 0.565. The summed E-state index contributed by atoms with van der Waals surface area (Å²) in [5.74, 6) is -7.84. The van der Waals surface area contributed by atoms with Gasteiger partial charge >= 0.3 is 5.97 Å². The Bertz CT molecular complexity index is 1750. The first-order valence-electron chi connectivity index (χ1n) is 21.1. The van der Waals surface area contributed by atoms with Crippen LogP contribution in [0.4, 0.5) is 0 Å². The minimum absolute atomic E-state index is 0.0644. The smallest absolute Gasteiger partial charge is 0.315 e. The summed E-state index contributed by atoms with van der Waals surface area (Å²) in [6, 6.07) is 12.6. The van der Waals surface area contributed by atoms with Crippen LogP contribution in [0.25, 0.3) is 0 Å². The average molecular weight is 835 g/mol. The van der Waals surface area contributed by atoms with E-state index in [4.69, 9.17) is 10.5 Å². The molecule has 2 rings (SSSR count). The topological polar surface area (TPSA) is 228 Å². The maximum absolute atomic E-state index is 14.0. The minimum atomic E-state index is -1.42. The summed E-state index contributed by atoms with van der Waals surface area (Å²) in [6.07, 6.45) is 1.23. The molecule has 9 atom stereocenters. The van der Waals surface area contributed by atoms with Crippen LogP contribution in [0.3, 0.4) is 0 Å². The van der Waals surface area contributed by atoms with E-state index < -0.39 is 90.1 Å². The number of aliphatic hydroxyl groups excluding tert-OH is 1. The van der Waals surface area contributed by atoms with Crippen molar-refractivity contribution in [3.05, 3.63) is 65.7 Å². The molecule has 0 saturated heterocycles. The monoisotopic (exact) mass is 834 g/mol. The van der Waals surface area contributed by atoms with Crippen molar-refractivity contribution >= 4 is 47.3 Å². The van der Waals surface area contributed by atoms with E-state index in [0.29, 0.717) is 32.0 Å². The zero-order chi connectivity index (χ0) is 44.9. The number of Topliss-reactive ketones (excluding diaryl/α,β-unsaturated/α-hetero) is 3. The largest absolute Gasteiger partial charge is 0.426 e. The summed E-state index contributed by atoms with van der Waals surface area (Å²) in [4.78, 5) is 106. The Morgan fingerprint density at radius 2 is 1.28 bits per heavy atom. The Morgan fingerprint density at radius 1 is 0.717 bits per heavy atom. The van der Waals surface area contributed by atoms with Crippen molar-refractivity contribution in [1.82, 2.24) is 16.0 Å². The third kappa shape index (κ3) is 15.8. The van der Waals surface area contributed by atoms with Crippen molar-refractivity contribution in [3.8, 4) is 5.75 Å². The molecular formula is C46H66N4O10. The lowest BCUT2D eigenvalue weighted by Crippen LogP contribution is -2.51. The molecule has 0 aromatic heterocycles. The van der Waals surface area contributed by atoms with Crippen molar-refractivity contribution in [1.29, 1.82) is 0 Å². The summed E-state index contributed by atoms with van der Waals surface area (Å²) >= 11 is 0. The first-order chi connectivity index (χ1) is 28.5. The molecule has 330 valence electrons. The maximum atomic E-state index is 14.0. The Labute approximate surface area is 354 Å². The molecule has 0 aliphatic carbocycles. The number of amides is 3. The lowest BCUT2D eigenvalue weighted by molar-refractivity contribution is -0.144. The molecule has 0 fully saturated rings. The van der Waals surface area contributed by atoms with Gasteiger partial charge in [0.2, 0.25) is 17.7 Å². The number of nitrogens with two attached hydrogens (primary N) is 1. The van der Waals surface area contributed by atoms with Gasteiger partial charge in [-0.3, -0.25) is 38.4 Å². The standard InChI is InChI=1S/C46H66N4O10/c1-8-28(4)34(24-39(54)36(48-7)22-31-16-12-11-13-17-31)45(58)49-37(27-52)38(53)23-32(20-21-42(47)56)44(57)50-43(30(6)10-3)40(55)25-35(29(5)9-2)46(59)60-41-19-15-14-18-33(41)26-51/h11-19,26,28-30,32,34-37,43,48,52H,8-10,20-25,27H2,1-7H3,(H2,47,56)(H,49,58)(H,50,57)/t28-,29-,30-,32-,34-,35-,36+,37-,43+/m0/s1. The van der Waals surface area contributed by atoms with Crippen molar-refractivity contribution < 1.29 is 48.2 Å². The Kier molecular flexibility index (Phi) is 22.3. The second-order valence-electron chi connectivity index (χ2n) is 15.9. The normalized spacial score (nSPS) is 15.7. The van der Waals surface area contributed by atoms with E-state index in [1.54, 1.807) is 33.0 Å². The molecule has 60 heavy (non-hydrogen) atoms. The van der Waals surface area contributed by atoms with Crippen molar-refractivity contribution in [3.63, 3.8) is 0 Å². The molecule has 2 aromatic carbocycles. The van der Waals surface area contributed by atoms with Gasteiger partial charge in [-0.05, 0) is 55.3 Å².